The Bertz CT molecular complexity index is 712. The van der Waals surface area contributed by atoms with E-state index in [1.54, 1.807) is 19.1 Å². The van der Waals surface area contributed by atoms with Gasteiger partial charge in [-0.3, -0.25) is 0 Å². The van der Waals surface area contributed by atoms with E-state index < -0.39 is 11.6 Å². The van der Waals surface area contributed by atoms with Crippen molar-refractivity contribution in [3.63, 3.8) is 0 Å². The van der Waals surface area contributed by atoms with E-state index in [0.717, 1.165) is 56.0 Å². The van der Waals surface area contributed by atoms with Crippen LogP contribution in [0.15, 0.2) is 12.1 Å². The Morgan fingerprint density at radius 1 is 0.781 bits per heavy atom. The summed E-state index contributed by atoms with van der Waals surface area (Å²) in [4.78, 5) is 0. The van der Waals surface area contributed by atoms with Crippen LogP contribution >= 0.6 is 0 Å². The van der Waals surface area contributed by atoms with Crippen molar-refractivity contribution in [1.29, 1.82) is 0 Å². The molecule has 0 aromatic heterocycles. The van der Waals surface area contributed by atoms with Gasteiger partial charge in [0.05, 0.1) is 19.3 Å². The molecule has 4 heteroatoms. The Kier molecular flexibility index (Phi) is 8.48. The summed E-state index contributed by atoms with van der Waals surface area (Å²) in [7, 11) is 0. The summed E-state index contributed by atoms with van der Waals surface area (Å²) in [6.45, 7) is 5.36. The van der Waals surface area contributed by atoms with Crippen molar-refractivity contribution in [3.05, 3.63) is 29.3 Å². The number of hydrogen-bond donors (Lipinski definition) is 0. The summed E-state index contributed by atoms with van der Waals surface area (Å²) in [6.07, 6.45) is 15.2. The van der Waals surface area contributed by atoms with Gasteiger partial charge >= 0.3 is 0 Å². The molecule has 4 rings (SSSR count). The summed E-state index contributed by atoms with van der Waals surface area (Å²) in [5.74, 6) is 1.87. The number of rotatable bonds is 7. The van der Waals surface area contributed by atoms with E-state index in [9.17, 15) is 8.78 Å². The molecule has 180 valence electrons. The topological polar surface area (TPSA) is 18.5 Å². The number of halogens is 2. The van der Waals surface area contributed by atoms with Gasteiger partial charge in [0, 0.05) is 0 Å². The molecule has 1 heterocycles. The second kappa shape index (κ2) is 11.3. The Balaban J connectivity index is 1.23. The summed E-state index contributed by atoms with van der Waals surface area (Å²) >= 11 is 0. The fraction of sp³-hybridized carbons (Fsp3) is 0.786. The van der Waals surface area contributed by atoms with Crippen LogP contribution in [0.25, 0.3) is 0 Å². The van der Waals surface area contributed by atoms with Gasteiger partial charge in [-0.05, 0) is 119 Å². The molecule has 0 bridgehead atoms. The summed E-state index contributed by atoms with van der Waals surface area (Å²) < 4.78 is 40.3. The van der Waals surface area contributed by atoms with Gasteiger partial charge in [0.1, 0.15) is 0 Å². The molecule has 2 unspecified atom stereocenters. The molecule has 0 radical (unpaired) electrons. The van der Waals surface area contributed by atoms with Crippen molar-refractivity contribution in [2.45, 2.75) is 103 Å². The zero-order valence-corrected chi connectivity index (χ0v) is 20.1. The smallest absolute Gasteiger partial charge is 0.200 e. The van der Waals surface area contributed by atoms with Crippen molar-refractivity contribution in [2.75, 3.05) is 13.2 Å². The maximum Gasteiger partial charge on any atom is 0.200 e. The molecule has 32 heavy (non-hydrogen) atoms. The molecule has 2 atom stereocenters. The Morgan fingerprint density at radius 3 is 1.94 bits per heavy atom. The summed E-state index contributed by atoms with van der Waals surface area (Å²) in [5.41, 5.74) is 0.548. The summed E-state index contributed by atoms with van der Waals surface area (Å²) in [5, 5.41) is 0. The van der Waals surface area contributed by atoms with Crippen LogP contribution in [0.3, 0.4) is 0 Å². The molecule has 0 amide bonds. The van der Waals surface area contributed by atoms with Gasteiger partial charge in [0.15, 0.2) is 11.6 Å². The molecule has 0 spiro atoms. The molecule has 0 N–H and O–H groups in total. The predicted octanol–water partition coefficient (Wildman–Crippen LogP) is 8.04. The standard InChI is InChI=1S/C28H42F2O2/c1-3-5-24-15-14-23(18-32-24)21-8-6-19(7-9-21)20-10-12-22(13-11-20)25-16-17-26(31-4-2)28(30)27(25)29/h16-17,19-24H,3-15,18H2,1-2H3. The fourth-order valence-electron chi connectivity index (χ4n) is 6.87. The fourth-order valence-corrected chi connectivity index (χ4v) is 6.87. The lowest BCUT2D eigenvalue weighted by Gasteiger charge is -2.41. The SMILES string of the molecule is CCCC1CCC(C2CCC(C3CCC(c4ccc(OCC)c(F)c4F)CC3)CC2)CO1. The van der Waals surface area contributed by atoms with Crippen LogP contribution in [-0.4, -0.2) is 19.3 Å². The van der Waals surface area contributed by atoms with Gasteiger partial charge < -0.3 is 9.47 Å². The number of hydrogen-bond acceptors (Lipinski definition) is 2. The van der Waals surface area contributed by atoms with Gasteiger partial charge in [-0.2, -0.15) is 4.39 Å². The van der Waals surface area contributed by atoms with Crippen LogP contribution in [0.5, 0.6) is 5.75 Å². The second-order valence-electron chi connectivity index (χ2n) is 10.6. The minimum Gasteiger partial charge on any atom is -0.491 e. The van der Waals surface area contributed by atoms with Gasteiger partial charge in [-0.15, -0.1) is 0 Å². The first-order valence-electron chi connectivity index (χ1n) is 13.3. The molecule has 2 nitrogen and oxygen atoms in total. The Labute approximate surface area is 193 Å². The second-order valence-corrected chi connectivity index (χ2v) is 10.6. The lowest BCUT2D eigenvalue weighted by molar-refractivity contribution is -0.0436. The average molecular weight is 449 g/mol. The predicted molar refractivity (Wildman–Crippen MR) is 125 cm³/mol. The average Bonchev–Trinajstić information content (AvgIpc) is 2.83. The van der Waals surface area contributed by atoms with E-state index in [-0.39, 0.29) is 11.7 Å². The molecule has 1 aromatic carbocycles. The zero-order valence-electron chi connectivity index (χ0n) is 20.1. The highest BCUT2D eigenvalue weighted by atomic mass is 19.2. The lowest BCUT2D eigenvalue weighted by atomic mass is 9.66. The third kappa shape index (κ3) is 5.48. The molecular formula is C28H42F2O2. The number of benzene rings is 1. The first-order chi connectivity index (χ1) is 15.6. The molecular weight excluding hydrogens is 406 g/mol. The monoisotopic (exact) mass is 448 g/mol. The van der Waals surface area contributed by atoms with E-state index in [0.29, 0.717) is 18.3 Å². The van der Waals surface area contributed by atoms with E-state index in [4.69, 9.17) is 9.47 Å². The van der Waals surface area contributed by atoms with Gasteiger partial charge in [-0.1, -0.05) is 19.4 Å². The molecule has 2 aliphatic carbocycles. The third-order valence-electron chi connectivity index (χ3n) is 8.75. The normalized spacial score (nSPS) is 33.8. The molecule has 3 aliphatic rings. The quantitative estimate of drug-likeness (QED) is 0.420. The highest BCUT2D eigenvalue weighted by Gasteiger charge is 2.35. The molecule has 2 saturated carbocycles. The largest absolute Gasteiger partial charge is 0.491 e. The summed E-state index contributed by atoms with van der Waals surface area (Å²) in [6, 6.07) is 3.35. The Hall–Kier alpha value is -1.16. The van der Waals surface area contributed by atoms with Gasteiger partial charge in [0.2, 0.25) is 5.82 Å². The molecule has 1 aromatic rings. The van der Waals surface area contributed by atoms with E-state index in [2.05, 4.69) is 6.92 Å². The third-order valence-corrected chi connectivity index (χ3v) is 8.75. The van der Waals surface area contributed by atoms with Crippen LogP contribution in [0, 0.1) is 35.3 Å². The van der Waals surface area contributed by atoms with Crippen molar-refractivity contribution in [1.82, 2.24) is 0 Å². The van der Waals surface area contributed by atoms with E-state index in [1.165, 1.54) is 51.4 Å². The first-order valence-corrected chi connectivity index (χ1v) is 13.3. The van der Waals surface area contributed by atoms with Gasteiger partial charge in [-0.25, -0.2) is 4.39 Å². The lowest BCUT2D eigenvalue weighted by Crippen LogP contribution is -2.33. The minimum atomic E-state index is -0.822. The van der Waals surface area contributed by atoms with Crippen LogP contribution in [0.1, 0.15) is 102 Å². The van der Waals surface area contributed by atoms with Crippen molar-refractivity contribution < 1.29 is 18.3 Å². The van der Waals surface area contributed by atoms with E-state index in [1.807, 2.05) is 0 Å². The van der Waals surface area contributed by atoms with E-state index >= 15 is 0 Å². The number of ether oxygens (including phenoxy) is 2. The minimum absolute atomic E-state index is 0.0310. The molecule has 3 fully saturated rings. The van der Waals surface area contributed by atoms with Crippen LogP contribution in [-0.2, 0) is 4.74 Å². The maximum absolute atomic E-state index is 14.6. The van der Waals surface area contributed by atoms with Crippen LogP contribution in [0.2, 0.25) is 0 Å². The highest BCUT2D eigenvalue weighted by molar-refractivity contribution is 5.33. The van der Waals surface area contributed by atoms with Crippen molar-refractivity contribution in [2.24, 2.45) is 23.7 Å². The van der Waals surface area contributed by atoms with Crippen LogP contribution < -0.4 is 4.74 Å². The van der Waals surface area contributed by atoms with Crippen LogP contribution in [0.4, 0.5) is 8.78 Å². The molecule has 1 saturated heterocycles. The highest BCUT2D eigenvalue weighted by Crippen LogP contribution is 2.46. The zero-order chi connectivity index (χ0) is 22.5. The molecule has 1 aliphatic heterocycles. The first kappa shape index (κ1) is 24.0. The maximum atomic E-state index is 14.6. The van der Waals surface area contributed by atoms with Crippen molar-refractivity contribution >= 4 is 0 Å². The van der Waals surface area contributed by atoms with Gasteiger partial charge in [0.25, 0.3) is 0 Å². The van der Waals surface area contributed by atoms with Crippen molar-refractivity contribution in [3.8, 4) is 5.75 Å². The Morgan fingerprint density at radius 2 is 1.38 bits per heavy atom.